The van der Waals surface area contributed by atoms with Crippen LogP contribution >= 0.6 is 0 Å². The molecule has 0 unspecified atom stereocenters. The van der Waals surface area contributed by atoms with E-state index in [4.69, 9.17) is 4.74 Å². The van der Waals surface area contributed by atoms with Gasteiger partial charge < -0.3 is 15.4 Å². The predicted molar refractivity (Wildman–Crippen MR) is 129 cm³/mol. The molecule has 182 valence electrons. The van der Waals surface area contributed by atoms with Crippen LogP contribution < -0.4 is 15.5 Å². The summed E-state index contributed by atoms with van der Waals surface area (Å²) in [6, 6.07) is 12.6. The molecule has 2 aromatic rings. The largest absolute Gasteiger partial charge is 0.452 e. The lowest BCUT2D eigenvalue weighted by Gasteiger charge is -2.25. The van der Waals surface area contributed by atoms with E-state index >= 15 is 0 Å². The zero-order chi connectivity index (χ0) is 25.1. The number of anilines is 3. The first-order valence-corrected chi connectivity index (χ1v) is 11.6. The number of amides is 4. The molecule has 0 spiro atoms. The van der Waals surface area contributed by atoms with E-state index in [0.29, 0.717) is 35.8 Å². The van der Waals surface area contributed by atoms with E-state index in [1.54, 1.807) is 36.4 Å². The quantitative estimate of drug-likeness (QED) is 0.486. The number of esters is 1. The average Bonchev–Trinajstić information content (AvgIpc) is 3.07. The van der Waals surface area contributed by atoms with E-state index in [2.05, 4.69) is 17.6 Å². The third-order valence-corrected chi connectivity index (χ3v) is 6.35. The molecule has 1 aliphatic carbocycles. The lowest BCUT2D eigenvalue weighted by atomic mass is 9.76. The molecule has 2 aliphatic rings. The summed E-state index contributed by atoms with van der Waals surface area (Å²) < 4.78 is 5.12. The number of hydrogen-bond acceptors (Lipinski definition) is 6. The van der Waals surface area contributed by atoms with Gasteiger partial charge in [-0.25, -0.2) is 4.79 Å². The maximum atomic E-state index is 13.0. The molecule has 2 N–H and O–H groups in total. The first-order valence-electron chi connectivity index (χ1n) is 11.6. The normalized spacial score (nSPS) is 21.3. The molecule has 9 heteroatoms. The van der Waals surface area contributed by atoms with Crippen LogP contribution in [0.3, 0.4) is 0 Å². The van der Waals surface area contributed by atoms with E-state index in [9.17, 15) is 24.0 Å². The third-order valence-electron chi connectivity index (χ3n) is 6.35. The van der Waals surface area contributed by atoms with Gasteiger partial charge in [0, 0.05) is 18.3 Å². The van der Waals surface area contributed by atoms with Crippen molar-refractivity contribution >= 4 is 46.7 Å². The van der Waals surface area contributed by atoms with Crippen LogP contribution in [0, 0.1) is 17.8 Å². The highest BCUT2D eigenvalue weighted by atomic mass is 16.5. The first-order chi connectivity index (χ1) is 16.7. The van der Waals surface area contributed by atoms with Gasteiger partial charge in [-0.05, 0) is 67.6 Å². The maximum absolute atomic E-state index is 13.0. The second-order valence-corrected chi connectivity index (χ2v) is 9.08. The topological polar surface area (TPSA) is 122 Å². The third kappa shape index (κ3) is 5.40. The van der Waals surface area contributed by atoms with Crippen LogP contribution in [0.2, 0.25) is 0 Å². The second kappa shape index (κ2) is 10.1. The minimum absolute atomic E-state index is 0.138. The Kier molecular flexibility index (Phi) is 6.95. The molecule has 2 fully saturated rings. The number of nitrogens with one attached hydrogen (secondary N) is 2. The van der Waals surface area contributed by atoms with Crippen molar-refractivity contribution in [3.8, 4) is 0 Å². The van der Waals surface area contributed by atoms with Crippen LogP contribution in [0.5, 0.6) is 0 Å². The summed E-state index contributed by atoms with van der Waals surface area (Å²) in [4.78, 5) is 62.9. The van der Waals surface area contributed by atoms with Crippen LogP contribution in [0.1, 0.15) is 43.5 Å². The molecule has 1 heterocycles. The van der Waals surface area contributed by atoms with E-state index in [0.717, 1.165) is 6.42 Å². The molecule has 3 atom stereocenters. The lowest BCUT2D eigenvalue weighted by Crippen LogP contribution is -2.31. The fourth-order valence-corrected chi connectivity index (χ4v) is 4.67. The van der Waals surface area contributed by atoms with Crippen molar-refractivity contribution < 1.29 is 28.7 Å². The summed E-state index contributed by atoms with van der Waals surface area (Å²) in [6.07, 6.45) is 2.31. The minimum atomic E-state index is -0.742. The monoisotopic (exact) mass is 477 g/mol. The Labute approximate surface area is 202 Å². The Morgan fingerprint density at radius 2 is 1.60 bits per heavy atom. The second-order valence-electron chi connectivity index (χ2n) is 9.08. The molecular weight excluding hydrogens is 450 g/mol. The molecule has 9 nitrogen and oxygen atoms in total. The van der Waals surface area contributed by atoms with Gasteiger partial charge in [-0.1, -0.05) is 13.0 Å². The maximum Gasteiger partial charge on any atom is 0.338 e. The van der Waals surface area contributed by atoms with Crippen molar-refractivity contribution in [1.29, 1.82) is 0 Å². The number of fused-ring (bicyclic) bond motifs is 1. The smallest absolute Gasteiger partial charge is 0.338 e. The van der Waals surface area contributed by atoms with E-state index in [1.807, 2.05) is 0 Å². The lowest BCUT2D eigenvalue weighted by molar-refractivity contribution is -0.122. The summed E-state index contributed by atoms with van der Waals surface area (Å²) in [5.74, 6) is -2.14. The van der Waals surface area contributed by atoms with Crippen molar-refractivity contribution in [1.82, 2.24) is 0 Å². The SMILES string of the molecule is CC(=O)Nc1ccc(NC(=O)COC(=O)c2cccc(N3C(=O)[C@H]4C[C@H](C)CC[C@H]4C3=O)c2)cc1. The molecule has 4 rings (SSSR count). The number of ether oxygens (including phenoxy) is 1. The molecular formula is C26H27N3O6. The summed E-state index contributed by atoms with van der Waals surface area (Å²) in [7, 11) is 0. The van der Waals surface area contributed by atoms with Crippen LogP contribution in [-0.2, 0) is 23.9 Å². The Balaban J connectivity index is 1.36. The number of carbonyl (C=O) groups excluding carboxylic acids is 5. The Morgan fingerprint density at radius 3 is 2.29 bits per heavy atom. The van der Waals surface area contributed by atoms with E-state index < -0.39 is 18.5 Å². The number of benzene rings is 2. The fourth-order valence-electron chi connectivity index (χ4n) is 4.67. The molecule has 0 radical (unpaired) electrons. The average molecular weight is 478 g/mol. The van der Waals surface area contributed by atoms with Gasteiger partial charge in [-0.2, -0.15) is 0 Å². The predicted octanol–water partition coefficient (Wildman–Crippen LogP) is 3.37. The first kappa shape index (κ1) is 24.1. The summed E-state index contributed by atoms with van der Waals surface area (Å²) in [6.45, 7) is 2.97. The Bertz CT molecular complexity index is 1180. The van der Waals surface area contributed by atoms with E-state index in [-0.39, 0.29) is 35.1 Å². The zero-order valence-corrected chi connectivity index (χ0v) is 19.6. The fraction of sp³-hybridized carbons (Fsp3) is 0.346. The minimum Gasteiger partial charge on any atom is -0.452 e. The molecule has 0 aromatic heterocycles. The van der Waals surface area contributed by atoms with Crippen LogP contribution in [-0.4, -0.2) is 36.2 Å². The number of hydrogen-bond donors (Lipinski definition) is 2. The molecule has 35 heavy (non-hydrogen) atoms. The van der Waals surface area contributed by atoms with Crippen molar-refractivity contribution in [3.63, 3.8) is 0 Å². The zero-order valence-electron chi connectivity index (χ0n) is 19.6. The van der Waals surface area contributed by atoms with Gasteiger partial charge in [0.15, 0.2) is 6.61 Å². The molecule has 1 saturated carbocycles. The number of nitrogens with zero attached hydrogens (tertiary/aromatic N) is 1. The van der Waals surface area contributed by atoms with Crippen molar-refractivity contribution in [3.05, 3.63) is 54.1 Å². The summed E-state index contributed by atoms with van der Waals surface area (Å²) in [5, 5.41) is 5.23. The highest BCUT2D eigenvalue weighted by molar-refractivity contribution is 6.22. The van der Waals surface area contributed by atoms with Gasteiger partial charge >= 0.3 is 5.97 Å². The Morgan fingerprint density at radius 1 is 0.943 bits per heavy atom. The van der Waals surface area contributed by atoms with Gasteiger partial charge in [0.05, 0.1) is 23.1 Å². The number of carbonyl (C=O) groups is 5. The van der Waals surface area contributed by atoms with Gasteiger partial charge in [0.2, 0.25) is 17.7 Å². The van der Waals surface area contributed by atoms with Crippen molar-refractivity contribution in [2.75, 3.05) is 22.1 Å². The molecule has 1 aliphatic heterocycles. The molecule has 2 aromatic carbocycles. The highest BCUT2D eigenvalue weighted by Crippen LogP contribution is 2.42. The van der Waals surface area contributed by atoms with E-state index in [1.165, 1.54) is 24.0 Å². The molecule has 0 bridgehead atoms. The Hall–Kier alpha value is -4.01. The van der Waals surface area contributed by atoms with Gasteiger partial charge in [0.25, 0.3) is 5.91 Å². The number of rotatable bonds is 6. The highest BCUT2D eigenvalue weighted by Gasteiger charge is 2.50. The number of imide groups is 1. The summed E-state index contributed by atoms with van der Waals surface area (Å²) in [5.41, 5.74) is 1.54. The standard InChI is InChI=1S/C26H27N3O6/c1-15-6-11-21-22(12-15)25(33)29(24(21)32)20-5-3-4-17(13-20)26(34)35-14-23(31)28-19-9-7-18(8-10-19)27-16(2)30/h3-5,7-10,13,15,21-22H,6,11-12,14H2,1-2H3,(H,27,30)(H,28,31)/t15-,21-,22+/m1/s1. The molecule has 4 amide bonds. The van der Waals surface area contributed by atoms with Crippen molar-refractivity contribution in [2.24, 2.45) is 17.8 Å². The van der Waals surface area contributed by atoms with Gasteiger partial charge in [-0.3, -0.25) is 24.1 Å². The summed E-state index contributed by atoms with van der Waals surface area (Å²) >= 11 is 0. The van der Waals surface area contributed by atoms with Crippen molar-refractivity contribution in [2.45, 2.75) is 33.1 Å². The van der Waals surface area contributed by atoms with Crippen LogP contribution in [0.25, 0.3) is 0 Å². The van der Waals surface area contributed by atoms with Gasteiger partial charge in [0.1, 0.15) is 0 Å². The van der Waals surface area contributed by atoms with Crippen LogP contribution in [0.4, 0.5) is 17.1 Å². The van der Waals surface area contributed by atoms with Crippen LogP contribution in [0.15, 0.2) is 48.5 Å². The molecule has 1 saturated heterocycles. The van der Waals surface area contributed by atoms with Gasteiger partial charge in [-0.15, -0.1) is 0 Å².